The van der Waals surface area contributed by atoms with Gasteiger partial charge in [-0.25, -0.2) is 4.39 Å². The summed E-state index contributed by atoms with van der Waals surface area (Å²) in [5.41, 5.74) is 7.77. The second kappa shape index (κ2) is 7.04. The van der Waals surface area contributed by atoms with Gasteiger partial charge in [0.2, 0.25) is 0 Å². The quantitative estimate of drug-likeness (QED) is 0.896. The van der Waals surface area contributed by atoms with Gasteiger partial charge in [-0.2, -0.15) is 0 Å². The van der Waals surface area contributed by atoms with Crippen LogP contribution < -0.4 is 10.6 Å². The lowest BCUT2D eigenvalue weighted by Gasteiger charge is -2.33. The molecule has 4 heteroatoms. The molecule has 0 unspecified atom stereocenters. The van der Waals surface area contributed by atoms with E-state index < -0.39 is 0 Å². The van der Waals surface area contributed by atoms with Crippen molar-refractivity contribution in [1.29, 1.82) is 0 Å². The molecular weight excluding hydrogens is 253 g/mol. The molecule has 3 nitrogen and oxygen atoms in total. The van der Waals surface area contributed by atoms with E-state index in [1.807, 2.05) is 6.07 Å². The summed E-state index contributed by atoms with van der Waals surface area (Å²) in [5.74, 6) is 0.553. The van der Waals surface area contributed by atoms with Gasteiger partial charge in [0, 0.05) is 19.3 Å². The highest BCUT2D eigenvalue weighted by atomic mass is 19.1. The minimum Gasteiger partial charge on any atom is -0.374 e. The Labute approximate surface area is 121 Å². The van der Waals surface area contributed by atoms with Crippen LogP contribution in [0, 0.1) is 11.7 Å². The third-order valence-corrected chi connectivity index (χ3v) is 4.24. The van der Waals surface area contributed by atoms with Crippen molar-refractivity contribution in [1.82, 2.24) is 4.90 Å². The summed E-state index contributed by atoms with van der Waals surface area (Å²) in [6.45, 7) is 3.95. The van der Waals surface area contributed by atoms with Gasteiger partial charge in [0.05, 0.1) is 0 Å². The Hall–Kier alpha value is -1.13. The van der Waals surface area contributed by atoms with E-state index >= 15 is 0 Å². The highest BCUT2D eigenvalue weighted by Crippen LogP contribution is 2.24. The Morgan fingerprint density at radius 3 is 2.70 bits per heavy atom. The van der Waals surface area contributed by atoms with Crippen LogP contribution in [-0.4, -0.2) is 45.2 Å². The van der Waals surface area contributed by atoms with Crippen LogP contribution in [0.3, 0.4) is 0 Å². The summed E-state index contributed by atoms with van der Waals surface area (Å²) in [6.07, 6.45) is 3.22. The molecular formula is C16H26FN3. The zero-order valence-electron chi connectivity index (χ0n) is 12.6. The molecule has 0 atom stereocenters. The summed E-state index contributed by atoms with van der Waals surface area (Å²) in [6, 6.07) is 5.04. The number of halogens is 1. The molecule has 0 aromatic heterocycles. The van der Waals surface area contributed by atoms with E-state index in [0.717, 1.165) is 30.1 Å². The van der Waals surface area contributed by atoms with E-state index in [9.17, 15) is 4.39 Å². The summed E-state index contributed by atoms with van der Waals surface area (Å²) in [7, 11) is 4.28. The molecule has 1 aromatic rings. The molecule has 1 heterocycles. The average molecular weight is 279 g/mol. The van der Waals surface area contributed by atoms with Gasteiger partial charge in [-0.05, 0) is 75.6 Å². The van der Waals surface area contributed by atoms with Crippen LogP contribution in [0.2, 0.25) is 0 Å². The molecule has 2 rings (SSSR count). The van der Waals surface area contributed by atoms with E-state index in [2.05, 4.69) is 23.9 Å². The number of benzene rings is 1. The first kappa shape index (κ1) is 15.3. The van der Waals surface area contributed by atoms with Gasteiger partial charge in [-0.1, -0.05) is 0 Å². The first-order valence-corrected chi connectivity index (χ1v) is 7.48. The molecule has 1 fully saturated rings. The number of hydrogen-bond acceptors (Lipinski definition) is 3. The zero-order valence-corrected chi connectivity index (χ0v) is 12.6. The number of anilines is 1. The van der Waals surface area contributed by atoms with Crippen LogP contribution in [0.25, 0.3) is 0 Å². The Bertz CT molecular complexity index is 428. The molecule has 112 valence electrons. The fourth-order valence-corrected chi connectivity index (χ4v) is 3.01. The maximum absolute atomic E-state index is 13.4. The number of hydrogen-bond donors (Lipinski definition) is 1. The number of nitrogens with zero attached hydrogens (tertiary/aromatic N) is 2. The van der Waals surface area contributed by atoms with Crippen LogP contribution in [0.5, 0.6) is 0 Å². The van der Waals surface area contributed by atoms with Crippen molar-refractivity contribution in [2.45, 2.75) is 19.3 Å². The van der Waals surface area contributed by atoms with Crippen molar-refractivity contribution in [2.24, 2.45) is 11.7 Å². The van der Waals surface area contributed by atoms with E-state index in [1.54, 1.807) is 12.1 Å². The van der Waals surface area contributed by atoms with Crippen molar-refractivity contribution in [3.8, 4) is 0 Å². The molecule has 0 amide bonds. The minimum atomic E-state index is -0.176. The molecule has 1 saturated heterocycles. The molecule has 1 aliphatic rings. The number of piperidine rings is 1. The van der Waals surface area contributed by atoms with Crippen LogP contribution in [0.4, 0.5) is 10.1 Å². The fourth-order valence-electron chi connectivity index (χ4n) is 3.01. The summed E-state index contributed by atoms with van der Waals surface area (Å²) in [4.78, 5) is 4.65. The molecule has 1 aromatic carbocycles. The van der Waals surface area contributed by atoms with Gasteiger partial charge in [-0.15, -0.1) is 0 Å². The van der Waals surface area contributed by atoms with Crippen LogP contribution >= 0.6 is 0 Å². The van der Waals surface area contributed by atoms with Crippen LogP contribution in [-0.2, 0) is 6.42 Å². The predicted octanol–water partition coefficient (Wildman–Crippen LogP) is 2.10. The molecule has 0 spiro atoms. The summed E-state index contributed by atoms with van der Waals surface area (Å²) >= 11 is 0. The average Bonchev–Trinajstić information content (AvgIpc) is 2.42. The Morgan fingerprint density at radius 2 is 2.05 bits per heavy atom. The zero-order chi connectivity index (χ0) is 14.5. The van der Waals surface area contributed by atoms with Gasteiger partial charge in [0.1, 0.15) is 5.82 Å². The second-order valence-corrected chi connectivity index (χ2v) is 5.94. The largest absolute Gasteiger partial charge is 0.374 e. The monoisotopic (exact) mass is 279 g/mol. The van der Waals surface area contributed by atoms with Gasteiger partial charge >= 0.3 is 0 Å². The maximum atomic E-state index is 13.4. The lowest BCUT2D eigenvalue weighted by Crippen LogP contribution is -2.36. The molecule has 0 saturated carbocycles. The number of likely N-dealkylation sites (tertiary alicyclic amines) is 1. The summed E-state index contributed by atoms with van der Waals surface area (Å²) < 4.78 is 13.4. The number of nitrogens with two attached hydrogens (primary N) is 1. The SMILES string of the molecule is CN1CCC(CN(C)c2ccc(F)cc2CCN)CC1. The minimum absolute atomic E-state index is 0.176. The van der Waals surface area contributed by atoms with E-state index in [1.165, 1.54) is 25.9 Å². The summed E-state index contributed by atoms with van der Waals surface area (Å²) in [5, 5.41) is 0. The normalized spacial score (nSPS) is 17.4. The smallest absolute Gasteiger partial charge is 0.123 e. The van der Waals surface area contributed by atoms with E-state index in [0.29, 0.717) is 6.54 Å². The molecule has 0 aliphatic carbocycles. The third-order valence-electron chi connectivity index (χ3n) is 4.24. The first-order chi connectivity index (χ1) is 9.60. The van der Waals surface area contributed by atoms with Gasteiger partial charge in [-0.3, -0.25) is 0 Å². The van der Waals surface area contributed by atoms with Gasteiger partial charge < -0.3 is 15.5 Å². The van der Waals surface area contributed by atoms with E-state index in [-0.39, 0.29) is 5.82 Å². The fraction of sp³-hybridized carbons (Fsp3) is 0.625. The molecule has 1 aliphatic heterocycles. The van der Waals surface area contributed by atoms with Crippen molar-refractivity contribution in [3.63, 3.8) is 0 Å². The molecule has 0 bridgehead atoms. The van der Waals surface area contributed by atoms with Gasteiger partial charge in [0.15, 0.2) is 0 Å². The molecule has 20 heavy (non-hydrogen) atoms. The lowest BCUT2D eigenvalue weighted by molar-refractivity contribution is 0.222. The second-order valence-electron chi connectivity index (χ2n) is 5.94. The number of rotatable bonds is 5. The molecule has 0 radical (unpaired) electrons. The first-order valence-electron chi connectivity index (χ1n) is 7.48. The van der Waals surface area contributed by atoms with Crippen molar-refractivity contribution >= 4 is 5.69 Å². The highest BCUT2D eigenvalue weighted by Gasteiger charge is 2.19. The Balaban J connectivity index is 2.02. The van der Waals surface area contributed by atoms with Crippen LogP contribution in [0.1, 0.15) is 18.4 Å². The van der Waals surface area contributed by atoms with Gasteiger partial charge in [0.25, 0.3) is 0 Å². The van der Waals surface area contributed by atoms with Crippen LogP contribution in [0.15, 0.2) is 18.2 Å². The Kier molecular flexibility index (Phi) is 5.38. The topological polar surface area (TPSA) is 32.5 Å². The Morgan fingerprint density at radius 1 is 1.35 bits per heavy atom. The third kappa shape index (κ3) is 3.93. The maximum Gasteiger partial charge on any atom is 0.123 e. The van der Waals surface area contributed by atoms with Crippen molar-refractivity contribution in [3.05, 3.63) is 29.6 Å². The van der Waals surface area contributed by atoms with Crippen molar-refractivity contribution in [2.75, 3.05) is 45.2 Å². The van der Waals surface area contributed by atoms with E-state index in [4.69, 9.17) is 5.73 Å². The highest BCUT2D eigenvalue weighted by molar-refractivity contribution is 5.53. The standard InChI is InChI=1S/C16H26FN3/c1-19-9-6-13(7-10-19)12-20(2)16-4-3-15(17)11-14(16)5-8-18/h3-4,11,13H,5-10,12,18H2,1-2H3. The van der Waals surface area contributed by atoms with Crippen molar-refractivity contribution < 1.29 is 4.39 Å². The predicted molar refractivity (Wildman–Crippen MR) is 82.6 cm³/mol. The molecule has 2 N–H and O–H groups in total. The lowest BCUT2D eigenvalue weighted by atomic mass is 9.96.